The van der Waals surface area contributed by atoms with Crippen LogP contribution in [0.1, 0.15) is 20.8 Å². The number of nitrogens with zero attached hydrogens (tertiary/aromatic N) is 1. The Hall–Kier alpha value is -1.78. The topological polar surface area (TPSA) is 55.6 Å². The Labute approximate surface area is 100 Å². The Morgan fingerprint density at radius 2 is 2.00 bits per heavy atom. The maximum atomic E-state index is 13.5. The summed E-state index contributed by atoms with van der Waals surface area (Å²) in [6.07, 6.45) is -0.623. The molecule has 0 bridgehead atoms. The fourth-order valence-electron chi connectivity index (χ4n) is 1.22. The number of anilines is 2. The van der Waals surface area contributed by atoms with Gasteiger partial charge in [0.05, 0.1) is 5.69 Å². The molecule has 0 aliphatic heterocycles. The first-order valence-corrected chi connectivity index (χ1v) is 5.22. The molecular weight excluding hydrogens is 223 g/mol. The molecule has 5 heteroatoms. The van der Waals surface area contributed by atoms with Crippen molar-refractivity contribution in [2.24, 2.45) is 0 Å². The predicted octanol–water partition coefficient (Wildman–Crippen LogP) is 2.78. The molecule has 0 fully saturated rings. The summed E-state index contributed by atoms with van der Waals surface area (Å²) in [6.45, 7) is 5.23. The Morgan fingerprint density at radius 3 is 2.53 bits per heavy atom. The van der Waals surface area contributed by atoms with E-state index in [4.69, 9.17) is 10.5 Å². The van der Waals surface area contributed by atoms with Crippen LogP contribution < -0.4 is 10.6 Å². The van der Waals surface area contributed by atoms with Crippen molar-refractivity contribution in [3.8, 4) is 0 Å². The van der Waals surface area contributed by atoms with E-state index in [0.717, 1.165) is 4.90 Å². The third kappa shape index (κ3) is 3.62. The van der Waals surface area contributed by atoms with Gasteiger partial charge in [-0.3, -0.25) is 4.90 Å². The maximum Gasteiger partial charge on any atom is 0.414 e. The number of carbonyl (C=O) groups is 1. The van der Waals surface area contributed by atoms with E-state index >= 15 is 0 Å². The first-order valence-electron chi connectivity index (χ1n) is 5.22. The minimum atomic E-state index is -0.623. The second-order valence-electron chi connectivity index (χ2n) is 4.75. The van der Waals surface area contributed by atoms with Crippen molar-refractivity contribution in [3.63, 3.8) is 0 Å². The quantitative estimate of drug-likeness (QED) is 0.768. The minimum Gasteiger partial charge on any atom is -0.443 e. The van der Waals surface area contributed by atoms with E-state index in [-0.39, 0.29) is 5.69 Å². The summed E-state index contributed by atoms with van der Waals surface area (Å²) in [4.78, 5) is 12.8. The summed E-state index contributed by atoms with van der Waals surface area (Å²) in [5.74, 6) is -0.521. The number of nitrogen functional groups attached to an aromatic ring is 1. The molecule has 0 heterocycles. The van der Waals surface area contributed by atoms with Crippen molar-refractivity contribution in [1.82, 2.24) is 0 Å². The molecular formula is C12H17FN2O2. The minimum absolute atomic E-state index is 0.0965. The van der Waals surface area contributed by atoms with Crippen molar-refractivity contribution in [2.75, 3.05) is 17.7 Å². The van der Waals surface area contributed by atoms with Crippen LogP contribution in [0.5, 0.6) is 0 Å². The average Bonchev–Trinajstić information content (AvgIpc) is 2.18. The van der Waals surface area contributed by atoms with E-state index in [1.54, 1.807) is 20.8 Å². The second kappa shape index (κ2) is 4.61. The lowest BCUT2D eigenvalue weighted by Gasteiger charge is -2.25. The predicted molar refractivity (Wildman–Crippen MR) is 65.4 cm³/mol. The largest absolute Gasteiger partial charge is 0.443 e. The number of amides is 1. The molecule has 4 nitrogen and oxygen atoms in total. The highest BCUT2D eigenvalue weighted by molar-refractivity contribution is 5.88. The van der Waals surface area contributed by atoms with E-state index in [9.17, 15) is 9.18 Å². The Bertz CT molecular complexity index is 427. The molecule has 1 aromatic carbocycles. The third-order valence-electron chi connectivity index (χ3n) is 2.00. The molecule has 0 radical (unpaired) electrons. The van der Waals surface area contributed by atoms with Gasteiger partial charge in [0, 0.05) is 12.7 Å². The fraction of sp³-hybridized carbons (Fsp3) is 0.417. The van der Waals surface area contributed by atoms with E-state index < -0.39 is 17.5 Å². The van der Waals surface area contributed by atoms with Crippen molar-refractivity contribution < 1.29 is 13.9 Å². The summed E-state index contributed by atoms with van der Waals surface area (Å²) in [5, 5.41) is 0. The second-order valence-corrected chi connectivity index (χ2v) is 4.75. The summed E-state index contributed by atoms with van der Waals surface area (Å²) < 4.78 is 18.6. The molecule has 1 rings (SSSR count). The van der Waals surface area contributed by atoms with Crippen LogP contribution in [0.2, 0.25) is 0 Å². The standard InChI is InChI=1S/C12H17FN2O2/c1-12(2,3)17-11(16)15(4)10-7-8(14)5-6-9(10)13/h5-7H,14H2,1-4H3. The number of rotatable bonds is 1. The number of nitrogens with two attached hydrogens (primary N) is 1. The molecule has 0 unspecified atom stereocenters. The molecule has 94 valence electrons. The number of ether oxygens (including phenoxy) is 1. The van der Waals surface area contributed by atoms with E-state index in [2.05, 4.69) is 0 Å². The number of hydrogen-bond donors (Lipinski definition) is 1. The van der Waals surface area contributed by atoms with E-state index in [0.29, 0.717) is 5.69 Å². The van der Waals surface area contributed by atoms with Gasteiger partial charge in [0.15, 0.2) is 0 Å². The van der Waals surface area contributed by atoms with Gasteiger partial charge in [-0.15, -0.1) is 0 Å². The highest BCUT2D eigenvalue weighted by Gasteiger charge is 2.22. The zero-order chi connectivity index (χ0) is 13.2. The van der Waals surface area contributed by atoms with E-state index in [1.165, 1.54) is 25.2 Å². The Kier molecular flexibility index (Phi) is 3.60. The molecule has 1 aromatic rings. The Balaban J connectivity index is 2.92. The third-order valence-corrected chi connectivity index (χ3v) is 2.00. The lowest BCUT2D eigenvalue weighted by Crippen LogP contribution is -2.34. The molecule has 0 aromatic heterocycles. The van der Waals surface area contributed by atoms with Gasteiger partial charge in [-0.25, -0.2) is 9.18 Å². The van der Waals surface area contributed by atoms with Crippen LogP contribution in [0.4, 0.5) is 20.6 Å². The van der Waals surface area contributed by atoms with Crippen LogP contribution in [0.15, 0.2) is 18.2 Å². The zero-order valence-corrected chi connectivity index (χ0v) is 10.5. The van der Waals surface area contributed by atoms with Crippen LogP contribution in [0, 0.1) is 5.82 Å². The molecule has 1 amide bonds. The summed E-state index contributed by atoms with van der Waals surface area (Å²) in [7, 11) is 1.44. The van der Waals surface area contributed by atoms with Crippen molar-refractivity contribution in [3.05, 3.63) is 24.0 Å². The molecule has 0 saturated heterocycles. The van der Waals surface area contributed by atoms with Gasteiger partial charge in [0.1, 0.15) is 11.4 Å². The number of halogens is 1. The van der Waals surface area contributed by atoms with Crippen LogP contribution in [0.3, 0.4) is 0 Å². The van der Waals surface area contributed by atoms with Crippen LogP contribution in [-0.4, -0.2) is 18.7 Å². The van der Waals surface area contributed by atoms with Crippen molar-refractivity contribution >= 4 is 17.5 Å². The van der Waals surface area contributed by atoms with Crippen molar-refractivity contribution in [2.45, 2.75) is 26.4 Å². The maximum absolute atomic E-state index is 13.5. The van der Waals surface area contributed by atoms with Crippen LogP contribution in [0.25, 0.3) is 0 Å². The zero-order valence-electron chi connectivity index (χ0n) is 10.5. The fourth-order valence-corrected chi connectivity index (χ4v) is 1.22. The molecule has 0 saturated carbocycles. The molecule has 0 aliphatic carbocycles. The van der Waals surface area contributed by atoms with Gasteiger partial charge in [0.2, 0.25) is 0 Å². The summed E-state index contributed by atoms with van der Waals surface area (Å²) in [5.41, 5.74) is 5.41. The number of hydrogen-bond acceptors (Lipinski definition) is 3. The van der Waals surface area contributed by atoms with Crippen molar-refractivity contribution in [1.29, 1.82) is 0 Å². The molecule has 0 aliphatic rings. The molecule has 0 atom stereocenters. The first kappa shape index (κ1) is 13.3. The van der Waals surface area contributed by atoms with Gasteiger partial charge in [-0.2, -0.15) is 0 Å². The van der Waals surface area contributed by atoms with Crippen LogP contribution in [-0.2, 0) is 4.74 Å². The molecule has 17 heavy (non-hydrogen) atoms. The van der Waals surface area contributed by atoms with Gasteiger partial charge in [0.25, 0.3) is 0 Å². The van der Waals surface area contributed by atoms with Gasteiger partial charge in [-0.1, -0.05) is 0 Å². The normalized spacial score (nSPS) is 11.1. The van der Waals surface area contributed by atoms with Gasteiger partial charge >= 0.3 is 6.09 Å². The highest BCUT2D eigenvalue weighted by Crippen LogP contribution is 2.22. The summed E-state index contributed by atoms with van der Waals surface area (Å²) in [6, 6.07) is 4.03. The Morgan fingerprint density at radius 1 is 1.41 bits per heavy atom. The van der Waals surface area contributed by atoms with Crippen LogP contribution >= 0.6 is 0 Å². The average molecular weight is 240 g/mol. The monoisotopic (exact) mass is 240 g/mol. The molecule has 0 spiro atoms. The molecule has 2 N–H and O–H groups in total. The van der Waals surface area contributed by atoms with Gasteiger partial charge in [-0.05, 0) is 39.0 Å². The SMILES string of the molecule is CN(C(=O)OC(C)(C)C)c1cc(N)ccc1F. The first-order chi connectivity index (χ1) is 7.70. The smallest absolute Gasteiger partial charge is 0.414 e. The van der Waals surface area contributed by atoms with E-state index in [1.807, 2.05) is 0 Å². The lowest BCUT2D eigenvalue weighted by atomic mass is 10.2. The number of carbonyl (C=O) groups excluding carboxylic acids is 1. The summed E-state index contributed by atoms with van der Waals surface area (Å²) >= 11 is 0. The number of benzene rings is 1. The lowest BCUT2D eigenvalue weighted by molar-refractivity contribution is 0.0588. The van der Waals surface area contributed by atoms with Gasteiger partial charge < -0.3 is 10.5 Å². The highest BCUT2D eigenvalue weighted by atomic mass is 19.1.